The second-order valence-electron chi connectivity index (χ2n) is 7.47. The number of rotatable bonds is 3. The second kappa shape index (κ2) is 21.5. The zero-order chi connectivity index (χ0) is 19.3. The molecule has 150 valence electrons. The number of hydrogen-bond donors (Lipinski definition) is 0. The SMILES string of the molecule is C/C=C\C.CC.CC1CCCC1/C=C/CC1CCCCCC1.CCC. The maximum atomic E-state index is 2.54. The summed E-state index contributed by atoms with van der Waals surface area (Å²) in [4.78, 5) is 0. The Labute approximate surface area is 161 Å². The first kappa shape index (κ1) is 26.7. The summed E-state index contributed by atoms with van der Waals surface area (Å²) in [7, 11) is 0. The Morgan fingerprint density at radius 2 is 1.28 bits per heavy atom. The number of allylic oxidation sites excluding steroid dienone is 4. The monoisotopic (exact) mass is 350 g/mol. The van der Waals surface area contributed by atoms with Gasteiger partial charge in [0.15, 0.2) is 0 Å². The highest BCUT2D eigenvalue weighted by molar-refractivity contribution is 4.94. The minimum absolute atomic E-state index is 0.908. The van der Waals surface area contributed by atoms with Crippen LogP contribution in [0.2, 0.25) is 0 Å². The van der Waals surface area contributed by atoms with Crippen molar-refractivity contribution in [3.63, 3.8) is 0 Å². The molecule has 0 aromatic heterocycles. The zero-order valence-electron chi connectivity index (χ0n) is 18.8. The van der Waals surface area contributed by atoms with Crippen molar-refractivity contribution in [3.05, 3.63) is 24.3 Å². The van der Waals surface area contributed by atoms with Crippen LogP contribution in [0.5, 0.6) is 0 Å². The van der Waals surface area contributed by atoms with E-state index in [0.29, 0.717) is 0 Å². The first-order valence-corrected chi connectivity index (χ1v) is 11.4. The van der Waals surface area contributed by atoms with E-state index in [9.17, 15) is 0 Å². The van der Waals surface area contributed by atoms with Crippen LogP contribution in [-0.4, -0.2) is 0 Å². The Kier molecular flexibility index (Phi) is 23.0. The van der Waals surface area contributed by atoms with Crippen molar-refractivity contribution in [1.29, 1.82) is 0 Å². The molecule has 0 radical (unpaired) electrons. The van der Waals surface area contributed by atoms with Crippen molar-refractivity contribution in [2.24, 2.45) is 17.8 Å². The van der Waals surface area contributed by atoms with Crippen molar-refractivity contribution >= 4 is 0 Å². The van der Waals surface area contributed by atoms with Crippen molar-refractivity contribution in [1.82, 2.24) is 0 Å². The predicted octanol–water partition coefficient (Wildman–Crippen LogP) is 9.36. The van der Waals surface area contributed by atoms with E-state index in [1.54, 1.807) is 0 Å². The first-order valence-electron chi connectivity index (χ1n) is 11.4. The van der Waals surface area contributed by atoms with Crippen LogP contribution in [0, 0.1) is 17.8 Å². The van der Waals surface area contributed by atoms with E-state index in [4.69, 9.17) is 0 Å². The number of hydrogen-bond acceptors (Lipinski definition) is 0. The maximum absolute atomic E-state index is 2.54. The molecule has 0 heterocycles. The molecule has 0 aromatic rings. The molecule has 2 atom stereocenters. The summed E-state index contributed by atoms with van der Waals surface area (Å²) in [6, 6.07) is 0. The van der Waals surface area contributed by atoms with Crippen molar-refractivity contribution in [2.45, 2.75) is 119 Å². The highest BCUT2D eigenvalue weighted by Crippen LogP contribution is 2.33. The third kappa shape index (κ3) is 16.7. The minimum atomic E-state index is 0.908. The fourth-order valence-corrected chi connectivity index (χ4v) is 3.51. The summed E-state index contributed by atoms with van der Waals surface area (Å²) in [5.41, 5.74) is 0. The molecule has 2 unspecified atom stereocenters. The Bertz CT molecular complexity index is 274. The summed E-state index contributed by atoms with van der Waals surface area (Å²) >= 11 is 0. The van der Waals surface area contributed by atoms with Crippen LogP contribution in [0.15, 0.2) is 24.3 Å². The molecule has 0 aromatic carbocycles. The second-order valence-corrected chi connectivity index (χ2v) is 7.47. The highest BCUT2D eigenvalue weighted by Gasteiger charge is 2.20. The summed E-state index contributed by atoms with van der Waals surface area (Å²) in [5.74, 6) is 2.87. The molecule has 0 spiro atoms. The Morgan fingerprint density at radius 1 is 0.760 bits per heavy atom. The van der Waals surface area contributed by atoms with Gasteiger partial charge in [-0.3, -0.25) is 0 Å². The van der Waals surface area contributed by atoms with Gasteiger partial charge in [-0.05, 0) is 44.4 Å². The lowest BCUT2D eigenvalue weighted by Crippen LogP contribution is -2.00. The minimum Gasteiger partial charge on any atom is -0.0919 e. The van der Waals surface area contributed by atoms with Gasteiger partial charge in [0.05, 0.1) is 0 Å². The van der Waals surface area contributed by atoms with E-state index in [1.165, 1.54) is 70.6 Å². The lowest BCUT2D eigenvalue weighted by atomic mass is 9.93. The predicted molar refractivity (Wildman–Crippen MR) is 119 cm³/mol. The van der Waals surface area contributed by atoms with E-state index in [0.717, 1.165) is 17.8 Å². The summed E-state index contributed by atoms with van der Waals surface area (Å²) in [6.45, 7) is 14.7. The third-order valence-electron chi connectivity index (χ3n) is 5.09. The molecule has 0 saturated heterocycles. The Hall–Kier alpha value is -0.520. The third-order valence-corrected chi connectivity index (χ3v) is 5.09. The van der Waals surface area contributed by atoms with Gasteiger partial charge >= 0.3 is 0 Å². The smallest absolute Gasteiger partial charge is 0.0208 e. The molecule has 25 heavy (non-hydrogen) atoms. The van der Waals surface area contributed by atoms with Gasteiger partial charge in [0.1, 0.15) is 0 Å². The standard InChI is InChI=1S/C16H28.C4H8.C3H8.C2H6/c1-14-8-6-12-16(14)13-7-11-15-9-4-2-3-5-10-15;1-3-4-2;1-3-2;1-2/h7,13-16H,2-6,8-12H2,1H3;3-4H,1-2H3;3H2,1-2H3;1-2H3/b13-7+;4-3-;;. The van der Waals surface area contributed by atoms with E-state index in [-0.39, 0.29) is 0 Å². The van der Waals surface area contributed by atoms with Gasteiger partial charge in [-0.2, -0.15) is 0 Å². The molecule has 0 heteroatoms. The summed E-state index contributed by atoms with van der Waals surface area (Å²) in [5, 5.41) is 0. The fourth-order valence-electron chi connectivity index (χ4n) is 3.51. The molecule has 2 fully saturated rings. The molecule has 0 bridgehead atoms. The molecule has 2 saturated carbocycles. The van der Waals surface area contributed by atoms with Gasteiger partial charge < -0.3 is 0 Å². The van der Waals surface area contributed by atoms with Crippen LogP contribution in [0.4, 0.5) is 0 Å². The summed E-state index contributed by atoms with van der Waals surface area (Å²) in [6.07, 6.45) is 25.0. The Morgan fingerprint density at radius 3 is 1.68 bits per heavy atom. The van der Waals surface area contributed by atoms with E-state index >= 15 is 0 Å². The van der Waals surface area contributed by atoms with Gasteiger partial charge in [-0.1, -0.05) is 117 Å². The molecule has 2 aliphatic rings. The van der Waals surface area contributed by atoms with E-state index < -0.39 is 0 Å². The molecule has 0 aliphatic heterocycles. The fraction of sp³-hybridized carbons (Fsp3) is 0.840. The maximum Gasteiger partial charge on any atom is -0.0208 e. The lowest BCUT2D eigenvalue weighted by molar-refractivity contribution is 0.460. The molecule has 2 aliphatic carbocycles. The average Bonchev–Trinajstić information content (AvgIpc) is 2.88. The first-order chi connectivity index (χ1) is 12.2. The van der Waals surface area contributed by atoms with Crippen molar-refractivity contribution < 1.29 is 0 Å². The van der Waals surface area contributed by atoms with Gasteiger partial charge in [0.25, 0.3) is 0 Å². The summed E-state index contributed by atoms with van der Waals surface area (Å²) < 4.78 is 0. The molecular weight excluding hydrogens is 300 g/mol. The van der Waals surface area contributed by atoms with Crippen molar-refractivity contribution in [2.75, 3.05) is 0 Å². The molecule has 0 amide bonds. The van der Waals surface area contributed by atoms with Crippen LogP contribution in [-0.2, 0) is 0 Å². The quantitative estimate of drug-likeness (QED) is 0.351. The Balaban J connectivity index is 0. The average molecular weight is 351 g/mol. The van der Waals surface area contributed by atoms with E-state index in [1.807, 2.05) is 39.8 Å². The van der Waals surface area contributed by atoms with Gasteiger partial charge in [0, 0.05) is 0 Å². The molecule has 0 nitrogen and oxygen atoms in total. The highest BCUT2D eigenvalue weighted by atomic mass is 14.3. The van der Waals surface area contributed by atoms with Crippen LogP contribution < -0.4 is 0 Å². The normalized spacial score (nSPS) is 23.8. The van der Waals surface area contributed by atoms with Gasteiger partial charge in [0.2, 0.25) is 0 Å². The van der Waals surface area contributed by atoms with Gasteiger partial charge in [-0.15, -0.1) is 0 Å². The van der Waals surface area contributed by atoms with Gasteiger partial charge in [-0.25, -0.2) is 0 Å². The zero-order valence-corrected chi connectivity index (χ0v) is 18.8. The van der Waals surface area contributed by atoms with Crippen LogP contribution in [0.3, 0.4) is 0 Å². The lowest BCUT2D eigenvalue weighted by Gasteiger charge is -2.12. The topological polar surface area (TPSA) is 0 Å². The van der Waals surface area contributed by atoms with Crippen molar-refractivity contribution in [3.8, 4) is 0 Å². The van der Waals surface area contributed by atoms with Crippen LogP contribution in [0.1, 0.15) is 119 Å². The largest absolute Gasteiger partial charge is 0.0919 e. The molecular formula is C25H50. The van der Waals surface area contributed by atoms with E-state index in [2.05, 4.69) is 32.9 Å². The molecule has 0 N–H and O–H groups in total. The van der Waals surface area contributed by atoms with Crippen LogP contribution >= 0.6 is 0 Å². The van der Waals surface area contributed by atoms with Crippen LogP contribution in [0.25, 0.3) is 0 Å². The molecule has 2 rings (SSSR count).